The van der Waals surface area contributed by atoms with Crippen molar-refractivity contribution in [2.45, 2.75) is 39.2 Å². The monoisotopic (exact) mass is 268 g/mol. The molecule has 1 nitrogen and oxygen atoms in total. The third-order valence-corrected chi connectivity index (χ3v) is 3.56. The molecular formula is C15H18ClFO. The summed E-state index contributed by atoms with van der Waals surface area (Å²) in [4.78, 5) is 0. The number of halogens is 2. The van der Waals surface area contributed by atoms with Gasteiger partial charge in [0, 0.05) is 5.02 Å². The van der Waals surface area contributed by atoms with Gasteiger partial charge in [0.15, 0.2) is 0 Å². The van der Waals surface area contributed by atoms with Crippen LogP contribution in [0.5, 0.6) is 0 Å². The molecule has 1 unspecified atom stereocenters. The van der Waals surface area contributed by atoms with Crippen molar-refractivity contribution in [1.29, 1.82) is 0 Å². The average Bonchev–Trinajstić information content (AvgIpc) is 2.19. The molecule has 0 amide bonds. The third kappa shape index (κ3) is 3.33. The molecule has 18 heavy (non-hydrogen) atoms. The van der Waals surface area contributed by atoms with Gasteiger partial charge in [-0.3, -0.25) is 0 Å². The fourth-order valence-electron chi connectivity index (χ4n) is 2.67. The van der Waals surface area contributed by atoms with Crippen LogP contribution in [-0.4, -0.2) is 11.2 Å². The highest BCUT2D eigenvalue weighted by molar-refractivity contribution is 6.30. The van der Waals surface area contributed by atoms with Crippen molar-refractivity contribution < 1.29 is 9.50 Å². The minimum absolute atomic E-state index is 0.0758. The average molecular weight is 269 g/mol. The number of aliphatic hydroxyl groups excluding tert-OH is 1. The Morgan fingerprint density at radius 1 is 1.44 bits per heavy atom. The molecule has 1 aliphatic carbocycles. The first-order valence-electron chi connectivity index (χ1n) is 6.17. The number of hydrogen-bond donors (Lipinski definition) is 1. The summed E-state index contributed by atoms with van der Waals surface area (Å²) < 4.78 is 13.7. The van der Waals surface area contributed by atoms with E-state index in [9.17, 15) is 9.50 Å². The van der Waals surface area contributed by atoms with E-state index in [2.05, 4.69) is 13.8 Å². The molecule has 0 spiro atoms. The minimum Gasteiger partial charge on any atom is -0.389 e. The van der Waals surface area contributed by atoms with Crippen LogP contribution in [-0.2, 0) is 6.42 Å². The third-order valence-electron chi connectivity index (χ3n) is 3.33. The second-order valence-electron chi connectivity index (χ2n) is 5.85. The van der Waals surface area contributed by atoms with Crippen molar-refractivity contribution >= 4 is 11.6 Å². The lowest BCUT2D eigenvalue weighted by atomic mass is 9.75. The molecule has 0 aliphatic heterocycles. The molecule has 0 radical (unpaired) electrons. The number of benzene rings is 1. The molecule has 1 aromatic rings. The molecule has 0 aromatic heterocycles. The van der Waals surface area contributed by atoms with E-state index in [1.807, 2.05) is 6.08 Å². The molecule has 98 valence electrons. The Hall–Kier alpha value is -0.860. The quantitative estimate of drug-likeness (QED) is 0.800. The summed E-state index contributed by atoms with van der Waals surface area (Å²) in [7, 11) is 0. The van der Waals surface area contributed by atoms with Gasteiger partial charge in [0.05, 0.1) is 6.10 Å². The normalized spacial score (nSPS) is 22.7. The predicted octanol–water partition coefficient (Wildman–Crippen LogP) is 4.13. The minimum atomic E-state index is -0.417. The second kappa shape index (κ2) is 5.02. The SMILES string of the molecule is CC1(C)CC(Cc2ccc(Cl)cc2F)=CC(O)C1. The van der Waals surface area contributed by atoms with E-state index >= 15 is 0 Å². The van der Waals surface area contributed by atoms with Gasteiger partial charge in [-0.15, -0.1) is 0 Å². The first-order chi connectivity index (χ1) is 8.35. The molecule has 2 rings (SSSR count). The van der Waals surface area contributed by atoms with Crippen LogP contribution in [0.15, 0.2) is 29.8 Å². The lowest BCUT2D eigenvalue weighted by molar-refractivity contribution is 0.138. The van der Waals surface area contributed by atoms with Gasteiger partial charge in [-0.2, -0.15) is 0 Å². The zero-order chi connectivity index (χ0) is 13.3. The Bertz CT molecular complexity index is 479. The van der Waals surface area contributed by atoms with E-state index in [1.165, 1.54) is 6.07 Å². The van der Waals surface area contributed by atoms with Gasteiger partial charge >= 0.3 is 0 Å². The van der Waals surface area contributed by atoms with Crippen LogP contribution in [0.4, 0.5) is 4.39 Å². The topological polar surface area (TPSA) is 20.2 Å². The maximum Gasteiger partial charge on any atom is 0.128 e. The molecule has 1 aromatic carbocycles. The molecule has 0 saturated heterocycles. The van der Waals surface area contributed by atoms with E-state index in [1.54, 1.807) is 12.1 Å². The maximum absolute atomic E-state index is 13.7. The van der Waals surface area contributed by atoms with Gasteiger partial charge in [-0.25, -0.2) is 4.39 Å². The second-order valence-corrected chi connectivity index (χ2v) is 6.29. The van der Waals surface area contributed by atoms with E-state index in [4.69, 9.17) is 11.6 Å². The van der Waals surface area contributed by atoms with Crippen LogP contribution in [0, 0.1) is 11.2 Å². The highest BCUT2D eigenvalue weighted by Crippen LogP contribution is 2.36. The molecule has 1 aliphatic rings. The summed E-state index contributed by atoms with van der Waals surface area (Å²) in [6, 6.07) is 4.75. The maximum atomic E-state index is 13.7. The van der Waals surface area contributed by atoms with E-state index in [0.29, 0.717) is 17.0 Å². The number of allylic oxidation sites excluding steroid dienone is 1. The summed E-state index contributed by atoms with van der Waals surface area (Å²) in [5, 5.41) is 10.2. The molecule has 1 atom stereocenters. The van der Waals surface area contributed by atoms with Gasteiger partial charge in [0.2, 0.25) is 0 Å². The van der Waals surface area contributed by atoms with Crippen molar-refractivity contribution in [3.63, 3.8) is 0 Å². The van der Waals surface area contributed by atoms with Crippen LogP contribution < -0.4 is 0 Å². The van der Waals surface area contributed by atoms with E-state index in [0.717, 1.165) is 18.4 Å². The summed E-state index contributed by atoms with van der Waals surface area (Å²) in [6.07, 6.45) is 3.65. The molecule has 3 heteroatoms. The Morgan fingerprint density at radius 2 is 2.17 bits per heavy atom. The Morgan fingerprint density at radius 3 is 2.78 bits per heavy atom. The molecule has 0 saturated carbocycles. The predicted molar refractivity (Wildman–Crippen MR) is 72.2 cm³/mol. The first kappa shape index (κ1) is 13.6. The summed E-state index contributed by atoms with van der Waals surface area (Å²) in [5.74, 6) is -0.277. The fourth-order valence-corrected chi connectivity index (χ4v) is 2.83. The van der Waals surface area contributed by atoms with Gasteiger partial charge in [0.1, 0.15) is 5.82 Å². The van der Waals surface area contributed by atoms with Crippen LogP contribution in [0.25, 0.3) is 0 Å². The van der Waals surface area contributed by atoms with Gasteiger partial charge < -0.3 is 5.11 Å². The van der Waals surface area contributed by atoms with Crippen molar-refractivity contribution in [2.75, 3.05) is 0 Å². The smallest absolute Gasteiger partial charge is 0.128 e. The van der Waals surface area contributed by atoms with Crippen LogP contribution in [0.1, 0.15) is 32.3 Å². The Labute approximate surface area is 112 Å². The molecule has 0 bridgehead atoms. The highest BCUT2D eigenvalue weighted by atomic mass is 35.5. The van der Waals surface area contributed by atoms with Crippen LogP contribution in [0.2, 0.25) is 5.02 Å². The van der Waals surface area contributed by atoms with E-state index < -0.39 is 6.10 Å². The van der Waals surface area contributed by atoms with Gasteiger partial charge in [0.25, 0.3) is 0 Å². The number of rotatable bonds is 2. The first-order valence-corrected chi connectivity index (χ1v) is 6.55. The van der Waals surface area contributed by atoms with E-state index in [-0.39, 0.29) is 11.2 Å². The van der Waals surface area contributed by atoms with Crippen molar-refractivity contribution in [1.82, 2.24) is 0 Å². The Balaban J connectivity index is 2.18. The van der Waals surface area contributed by atoms with Crippen LogP contribution >= 0.6 is 11.6 Å². The molecule has 0 fully saturated rings. The lowest BCUT2D eigenvalue weighted by Crippen LogP contribution is -2.25. The fraction of sp³-hybridized carbons (Fsp3) is 0.467. The Kier molecular flexibility index (Phi) is 3.79. The van der Waals surface area contributed by atoms with Crippen molar-refractivity contribution in [3.05, 3.63) is 46.3 Å². The summed E-state index contributed by atoms with van der Waals surface area (Å²) in [6.45, 7) is 4.25. The number of aliphatic hydroxyl groups is 1. The summed E-state index contributed by atoms with van der Waals surface area (Å²) in [5.41, 5.74) is 1.81. The zero-order valence-electron chi connectivity index (χ0n) is 10.7. The van der Waals surface area contributed by atoms with Crippen LogP contribution in [0.3, 0.4) is 0 Å². The highest BCUT2D eigenvalue weighted by Gasteiger charge is 2.27. The molecular weight excluding hydrogens is 251 g/mol. The standard InChI is InChI=1S/C15H18ClFO/c1-15(2)8-10(6-13(18)9-15)5-11-3-4-12(16)7-14(11)17/h3-4,6-7,13,18H,5,8-9H2,1-2H3. The van der Waals surface area contributed by atoms with Gasteiger partial charge in [-0.1, -0.05) is 43.2 Å². The summed E-state index contributed by atoms with van der Waals surface area (Å²) >= 11 is 5.73. The van der Waals surface area contributed by atoms with Crippen molar-refractivity contribution in [3.8, 4) is 0 Å². The largest absolute Gasteiger partial charge is 0.389 e. The molecule has 0 heterocycles. The lowest BCUT2D eigenvalue weighted by Gasteiger charge is -2.32. The van der Waals surface area contributed by atoms with Gasteiger partial charge in [-0.05, 0) is 42.4 Å². The number of hydrogen-bond acceptors (Lipinski definition) is 1. The zero-order valence-corrected chi connectivity index (χ0v) is 11.5. The molecule has 1 N–H and O–H groups in total. The van der Waals surface area contributed by atoms with Crippen molar-refractivity contribution in [2.24, 2.45) is 5.41 Å².